The molecule has 2 aromatic carbocycles. The number of aryl methyl sites for hydroxylation is 1. The minimum atomic E-state index is -0.481. The van der Waals surface area contributed by atoms with E-state index in [4.69, 9.17) is 4.74 Å². The van der Waals surface area contributed by atoms with Gasteiger partial charge < -0.3 is 15.4 Å². The van der Waals surface area contributed by atoms with Crippen LogP contribution in [0.15, 0.2) is 48.5 Å². The molecular formula is C20H24N2O3. The minimum absolute atomic E-state index is 0.0817. The lowest BCUT2D eigenvalue weighted by atomic mass is 9.95. The second-order valence-corrected chi connectivity index (χ2v) is 6.93. The summed E-state index contributed by atoms with van der Waals surface area (Å²) < 4.78 is 5.51. The summed E-state index contributed by atoms with van der Waals surface area (Å²) in [6.45, 7) is 7.42. The maximum Gasteiger partial charge on any atom is 0.262 e. The average Bonchev–Trinajstić information content (AvgIpc) is 2.55. The molecule has 0 aromatic heterocycles. The van der Waals surface area contributed by atoms with Gasteiger partial charge in [-0.3, -0.25) is 9.59 Å². The smallest absolute Gasteiger partial charge is 0.262 e. The Balaban J connectivity index is 1.90. The van der Waals surface area contributed by atoms with Crippen molar-refractivity contribution in [3.8, 4) is 5.75 Å². The first-order valence-electron chi connectivity index (χ1n) is 8.15. The molecule has 0 saturated heterocycles. The lowest BCUT2D eigenvalue weighted by molar-refractivity contribution is -0.123. The van der Waals surface area contributed by atoms with Crippen LogP contribution >= 0.6 is 0 Å². The van der Waals surface area contributed by atoms with E-state index in [0.717, 1.165) is 11.3 Å². The second-order valence-electron chi connectivity index (χ2n) is 6.93. The van der Waals surface area contributed by atoms with E-state index in [1.54, 1.807) is 24.3 Å². The van der Waals surface area contributed by atoms with Crippen LogP contribution in [-0.4, -0.2) is 18.4 Å². The third-order valence-electron chi connectivity index (χ3n) is 3.48. The van der Waals surface area contributed by atoms with Gasteiger partial charge in [-0.05, 0) is 31.2 Å². The second kappa shape index (κ2) is 7.83. The van der Waals surface area contributed by atoms with Crippen LogP contribution in [0.2, 0.25) is 0 Å². The third-order valence-corrected chi connectivity index (χ3v) is 3.48. The summed E-state index contributed by atoms with van der Waals surface area (Å²) in [6.07, 6.45) is 0. The predicted octanol–water partition coefficient (Wildman–Crippen LogP) is 4.00. The molecule has 0 aliphatic rings. The molecule has 0 spiro atoms. The highest BCUT2D eigenvalue weighted by Gasteiger charge is 2.21. The van der Waals surface area contributed by atoms with Gasteiger partial charge in [0.1, 0.15) is 5.75 Å². The standard InChI is InChI=1S/C20H24N2O3/c1-14-8-10-15(11-9-14)21-18(23)13-25-17-7-5-6-16(12-17)22-19(24)20(2,3)4/h5-12H,13H2,1-4H3,(H,21,23)(H,22,24). The van der Waals surface area contributed by atoms with Gasteiger partial charge in [-0.2, -0.15) is 0 Å². The van der Waals surface area contributed by atoms with Crippen molar-refractivity contribution < 1.29 is 14.3 Å². The average molecular weight is 340 g/mol. The van der Waals surface area contributed by atoms with Crippen LogP contribution < -0.4 is 15.4 Å². The van der Waals surface area contributed by atoms with Gasteiger partial charge in [0.15, 0.2) is 6.61 Å². The van der Waals surface area contributed by atoms with Gasteiger partial charge in [0.2, 0.25) is 5.91 Å². The highest BCUT2D eigenvalue weighted by atomic mass is 16.5. The van der Waals surface area contributed by atoms with Crippen LogP contribution in [0.5, 0.6) is 5.75 Å². The summed E-state index contributed by atoms with van der Waals surface area (Å²) >= 11 is 0. The normalized spacial score (nSPS) is 10.9. The monoisotopic (exact) mass is 340 g/mol. The van der Waals surface area contributed by atoms with Gasteiger partial charge in [0.05, 0.1) is 0 Å². The zero-order valence-corrected chi connectivity index (χ0v) is 15.1. The van der Waals surface area contributed by atoms with Crippen molar-refractivity contribution in [1.82, 2.24) is 0 Å². The van der Waals surface area contributed by atoms with E-state index in [9.17, 15) is 9.59 Å². The largest absolute Gasteiger partial charge is 0.484 e. The number of carbonyl (C=O) groups is 2. The molecule has 0 unspecified atom stereocenters. The van der Waals surface area contributed by atoms with E-state index >= 15 is 0 Å². The van der Waals surface area contributed by atoms with Crippen molar-refractivity contribution in [2.24, 2.45) is 5.41 Å². The summed E-state index contributed by atoms with van der Waals surface area (Å²) in [5.74, 6) is 0.195. The quantitative estimate of drug-likeness (QED) is 0.864. The third kappa shape index (κ3) is 5.95. The molecule has 2 rings (SSSR count). The number of amides is 2. The van der Waals surface area contributed by atoms with Crippen molar-refractivity contribution in [3.63, 3.8) is 0 Å². The summed E-state index contributed by atoms with van der Waals surface area (Å²) in [5.41, 5.74) is 2.01. The number of carbonyl (C=O) groups excluding carboxylic acids is 2. The SMILES string of the molecule is Cc1ccc(NC(=O)COc2cccc(NC(=O)C(C)(C)C)c2)cc1. The number of ether oxygens (including phenoxy) is 1. The molecule has 0 aliphatic carbocycles. The van der Waals surface area contributed by atoms with Crippen LogP contribution in [-0.2, 0) is 9.59 Å². The first-order valence-corrected chi connectivity index (χ1v) is 8.15. The molecule has 0 aliphatic heterocycles. The maximum atomic E-state index is 12.0. The fourth-order valence-corrected chi connectivity index (χ4v) is 1.97. The van der Waals surface area contributed by atoms with Crippen molar-refractivity contribution >= 4 is 23.2 Å². The summed E-state index contributed by atoms with van der Waals surface area (Å²) in [5, 5.41) is 5.61. The molecule has 5 heteroatoms. The summed E-state index contributed by atoms with van der Waals surface area (Å²) in [6, 6.07) is 14.5. The van der Waals surface area contributed by atoms with Crippen molar-refractivity contribution in [2.45, 2.75) is 27.7 Å². The minimum Gasteiger partial charge on any atom is -0.484 e. The summed E-state index contributed by atoms with van der Waals surface area (Å²) in [7, 11) is 0. The van der Waals surface area contributed by atoms with E-state index in [1.807, 2.05) is 52.0 Å². The molecule has 0 atom stereocenters. The molecule has 2 amide bonds. The van der Waals surface area contributed by atoms with E-state index in [1.165, 1.54) is 0 Å². The molecule has 0 radical (unpaired) electrons. The van der Waals surface area contributed by atoms with Crippen LogP contribution in [0, 0.1) is 12.3 Å². The Morgan fingerprint density at radius 2 is 1.64 bits per heavy atom. The number of nitrogens with one attached hydrogen (secondary N) is 2. The van der Waals surface area contributed by atoms with Crippen LogP contribution in [0.4, 0.5) is 11.4 Å². The molecule has 2 N–H and O–H groups in total. The Hall–Kier alpha value is -2.82. The van der Waals surface area contributed by atoms with Gasteiger partial charge in [0.25, 0.3) is 5.91 Å². The molecule has 2 aromatic rings. The van der Waals surface area contributed by atoms with Gasteiger partial charge in [-0.15, -0.1) is 0 Å². The van der Waals surface area contributed by atoms with Gasteiger partial charge in [-0.1, -0.05) is 44.5 Å². The Morgan fingerprint density at radius 3 is 2.28 bits per heavy atom. The Labute approximate surface area is 148 Å². The predicted molar refractivity (Wildman–Crippen MR) is 99.8 cm³/mol. The highest BCUT2D eigenvalue weighted by Crippen LogP contribution is 2.21. The first kappa shape index (κ1) is 18.5. The van der Waals surface area contributed by atoms with E-state index in [2.05, 4.69) is 10.6 Å². The van der Waals surface area contributed by atoms with Gasteiger partial charge >= 0.3 is 0 Å². The van der Waals surface area contributed by atoms with Crippen molar-refractivity contribution in [1.29, 1.82) is 0 Å². The highest BCUT2D eigenvalue weighted by molar-refractivity contribution is 5.94. The zero-order chi connectivity index (χ0) is 18.4. The Morgan fingerprint density at radius 1 is 0.960 bits per heavy atom. The lowest BCUT2D eigenvalue weighted by Gasteiger charge is -2.18. The van der Waals surface area contributed by atoms with Gasteiger partial charge in [0, 0.05) is 22.9 Å². The van der Waals surface area contributed by atoms with Crippen molar-refractivity contribution in [2.75, 3.05) is 17.2 Å². The van der Waals surface area contributed by atoms with Crippen LogP contribution in [0.25, 0.3) is 0 Å². The van der Waals surface area contributed by atoms with E-state index in [0.29, 0.717) is 11.4 Å². The van der Waals surface area contributed by atoms with E-state index < -0.39 is 5.41 Å². The number of rotatable bonds is 5. The Bertz CT molecular complexity index is 746. The van der Waals surface area contributed by atoms with Crippen LogP contribution in [0.1, 0.15) is 26.3 Å². The Kier molecular flexibility index (Phi) is 5.80. The molecule has 0 heterocycles. The van der Waals surface area contributed by atoms with Gasteiger partial charge in [-0.25, -0.2) is 0 Å². The molecule has 0 saturated carbocycles. The molecule has 0 bridgehead atoms. The summed E-state index contributed by atoms with van der Waals surface area (Å²) in [4.78, 5) is 24.0. The number of anilines is 2. The van der Waals surface area contributed by atoms with Crippen LogP contribution in [0.3, 0.4) is 0 Å². The number of benzene rings is 2. The fraction of sp³-hybridized carbons (Fsp3) is 0.300. The fourth-order valence-electron chi connectivity index (χ4n) is 1.97. The van der Waals surface area contributed by atoms with E-state index in [-0.39, 0.29) is 18.4 Å². The topological polar surface area (TPSA) is 67.4 Å². The molecule has 25 heavy (non-hydrogen) atoms. The maximum absolute atomic E-state index is 12.0. The first-order chi connectivity index (χ1) is 11.7. The lowest BCUT2D eigenvalue weighted by Crippen LogP contribution is -2.27. The molecule has 5 nitrogen and oxygen atoms in total. The van der Waals surface area contributed by atoms with Crippen molar-refractivity contribution in [3.05, 3.63) is 54.1 Å². The molecule has 132 valence electrons. The number of hydrogen-bond acceptors (Lipinski definition) is 3. The number of hydrogen-bond donors (Lipinski definition) is 2. The zero-order valence-electron chi connectivity index (χ0n) is 15.1. The molecule has 0 fully saturated rings. The molecular weight excluding hydrogens is 316 g/mol.